The Morgan fingerprint density at radius 3 is 2.61 bits per heavy atom. The van der Waals surface area contributed by atoms with Crippen LogP contribution in [0.4, 0.5) is 0 Å². The minimum absolute atomic E-state index is 0.0841. The third-order valence-electron chi connectivity index (χ3n) is 3.92. The van der Waals surface area contributed by atoms with Gasteiger partial charge in [0.15, 0.2) is 0 Å². The highest BCUT2D eigenvalue weighted by molar-refractivity contribution is 5.29. The maximum Gasteiger partial charge on any atom is 0.0663 e. The van der Waals surface area contributed by atoms with Gasteiger partial charge in [-0.05, 0) is 50.8 Å². The van der Waals surface area contributed by atoms with Gasteiger partial charge in [0.05, 0.1) is 5.60 Å². The maximum absolute atomic E-state index is 5.55. The average molecular weight is 247 g/mol. The van der Waals surface area contributed by atoms with Crippen molar-refractivity contribution >= 4 is 0 Å². The predicted molar refractivity (Wildman–Crippen MR) is 76.0 cm³/mol. The summed E-state index contributed by atoms with van der Waals surface area (Å²) in [7, 11) is 1.79. The van der Waals surface area contributed by atoms with E-state index < -0.39 is 0 Å². The molecule has 0 aliphatic carbocycles. The van der Waals surface area contributed by atoms with Gasteiger partial charge in [0, 0.05) is 19.6 Å². The molecule has 1 aromatic rings. The number of hydrogen-bond donors (Lipinski definition) is 1. The summed E-state index contributed by atoms with van der Waals surface area (Å²) in [6.45, 7) is 5.48. The molecule has 18 heavy (non-hydrogen) atoms. The number of nitrogens with one attached hydrogen (secondary N) is 1. The van der Waals surface area contributed by atoms with Crippen molar-refractivity contribution < 1.29 is 4.74 Å². The van der Waals surface area contributed by atoms with E-state index in [1.807, 2.05) is 0 Å². The molecule has 0 radical (unpaired) electrons. The van der Waals surface area contributed by atoms with Crippen molar-refractivity contribution in [2.24, 2.45) is 0 Å². The summed E-state index contributed by atoms with van der Waals surface area (Å²) in [6, 6.07) is 9.45. The molecule has 1 saturated heterocycles. The van der Waals surface area contributed by atoms with Crippen LogP contribution in [0.2, 0.25) is 0 Å². The zero-order valence-corrected chi connectivity index (χ0v) is 11.8. The normalized spacial score (nSPS) is 20.3. The van der Waals surface area contributed by atoms with Crippen LogP contribution in [0.1, 0.15) is 37.8 Å². The fraction of sp³-hybridized carbons (Fsp3) is 0.625. The zero-order valence-electron chi connectivity index (χ0n) is 11.8. The van der Waals surface area contributed by atoms with E-state index in [4.69, 9.17) is 4.74 Å². The molecule has 1 atom stereocenters. The van der Waals surface area contributed by atoms with Crippen LogP contribution in [0.5, 0.6) is 0 Å². The number of rotatable bonds is 5. The van der Waals surface area contributed by atoms with Crippen LogP contribution in [0.3, 0.4) is 0 Å². The topological polar surface area (TPSA) is 21.3 Å². The van der Waals surface area contributed by atoms with E-state index in [2.05, 4.69) is 43.4 Å². The Hall–Kier alpha value is -0.860. The van der Waals surface area contributed by atoms with Gasteiger partial charge >= 0.3 is 0 Å². The van der Waals surface area contributed by atoms with Crippen molar-refractivity contribution in [2.45, 2.75) is 51.2 Å². The molecule has 2 rings (SSSR count). The van der Waals surface area contributed by atoms with Crippen molar-refractivity contribution in [3.05, 3.63) is 35.4 Å². The Kier molecular flexibility index (Phi) is 4.41. The fourth-order valence-corrected chi connectivity index (χ4v) is 2.66. The average Bonchev–Trinajstić information content (AvgIpc) is 2.84. The molecule has 1 heterocycles. The smallest absolute Gasteiger partial charge is 0.0663 e. The highest BCUT2D eigenvalue weighted by Gasteiger charge is 2.21. The van der Waals surface area contributed by atoms with Crippen molar-refractivity contribution in [1.82, 2.24) is 5.32 Å². The van der Waals surface area contributed by atoms with Crippen molar-refractivity contribution in [1.29, 1.82) is 0 Å². The van der Waals surface area contributed by atoms with Gasteiger partial charge in [0.1, 0.15) is 0 Å². The van der Waals surface area contributed by atoms with Crippen LogP contribution >= 0.6 is 0 Å². The highest BCUT2D eigenvalue weighted by Crippen LogP contribution is 2.21. The summed E-state index contributed by atoms with van der Waals surface area (Å²) in [5.41, 5.74) is 2.82. The molecule has 1 N–H and O–H groups in total. The van der Waals surface area contributed by atoms with E-state index in [0.717, 1.165) is 12.8 Å². The molecule has 0 spiro atoms. The third-order valence-corrected chi connectivity index (χ3v) is 3.92. The standard InChI is InChI=1S/C16H25NO/c1-16(2,18-3)12-14-8-5-4-7-13(14)11-15-9-6-10-17-15/h4-5,7-8,15,17H,6,9-12H2,1-3H3. The van der Waals surface area contributed by atoms with Gasteiger partial charge in [-0.3, -0.25) is 0 Å². The van der Waals surface area contributed by atoms with E-state index in [9.17, 15) is 0 Å². The number of hydrogen-bond acceptors (Lipinski definition) is 2. The Morgan fingerprint density at radius 2 is 2.00 bits per heavy atom. The van der Waals surface area contributed by atoms with E-state index in [-0.39, 0.29) is 5.60 Å². The lowest BCUT2D eigenvalue weighted by molar-refractivity contribution is 0.0230. The summed E-state index contributed by atoms with van der Waals surface area (Å²) in [5, 5.41) is 3.58. The molecule has 2 nitrogen and oxygen atoms in total. The summed E-state index contributed by atoms with van der Waals surface area (Å²) in [6.07, 6.45) is 4.75. The van der Waals surface area contributed by atoms with Gasteiger partial charge in [0.2, 0.25) is 0 Å². The Labute approximate surface area is 111 Å². The second kappa shape index (κ2) is 5.85. The molecular weight excluding hydrogens is 222 g/mol. The lowest BCUT2D eigenvalue weighted by Crippen LogP contribution is -2.28. The van der Waals surface area contributed by atoms with Gasteiger partial charge in [-0.25, -0.2) is 0 Å². The monoisotopic (exact) mass is 247 g/mol. The van der Waals surface area contributed by atoms with Crippen molar-refractivity contribution in [2.75, 3.05) is 13.7 Å². The van der Waals surface area contributed by atoms with Crippen LogP contribution in [-0.2, 0) is 17.6 Å². The summed E-state index contributed by atoms with van der Waals surface area (Å²) in [5.74, 6) is 0. The maximum atomic E-state index is 5.55. The summed E-state index contributed by atoms with van der Waals surface area (Å²) in [4.78, 5) is 0. The van der Waals surface area contributed by atoms with Crippen LogP contribution in [0.15, 0.2) is 24.3 Å². The van der Waals surface area contributed by atoms with Gasteiger partial charge in [-0.1, -0.05) is 24.3 Å². The lowest BCUT2D eigenvalue weighted by Gasteiger charge is -2.25. The zero-order chi connectivity index (χ0) is 13.0. The van der Waals surface area contributed by atoms with Gasteiger partial charge in [-0.2, -0.15) is 0 Å². The van der Waals surface area contributed by atoms with Gasteiger partial charge in [0.25, 0.3) is 0 Å². The molecule has 0 amide bonds. The number of benzene rings is 1. The second-order valence-electron chi connectivity index (χ2n) is 5.91. The molecule has 2 heteroatoms. The largest absolute Gasteiger partial charge is 0.378 e. The Bertz CT molecular complexity index is 380. The van der Waals surface area contributed by atoms with E-state index >= 15 is 0 Å². The quantitative estimate of drug-likeness (QED) is 0.864. The molecule has 100 valence electrons. The summed E-state index contributed by atoms with van der Waals surface area (Å²) < 4.78 is 5.55. The molecular formula is C16H25NO. The van der Waals surface area contributed by atoms with Gasteiger partial charge < -0.3 is 10.1 Å². The van der Waals surface area contributed by atoms with Crippen LogP contribution in [0.25, 0.3) is 0 Å². The van der Waals surface area contributed by atoms with E-state index in [0.29, 0.717) is 6.04 Å². The molecule has 1 aromatic carbocycles. The SMILES string of the molecule is COC(C)(C)Cc1ccccc1CC1CCCN1. The molecule has 0 aromatic heterocycles. The first-order valence-electron chi connectivity index (χ1n) is 6.96. The summed E-state index contributed by atoms with van der Waals surface area (Å²) >= 11 is 0. The molecule has 0 bridgehead atoms. The van der Waals surface area contributed by atoms with E-state index in [1.54, 1.807) is 7.11 Å². The van der Waals surface area contributed by atoms with Crippen LogP contribution in [0, 0.1) is 0 Å². The third kappa shape index (κ3) is 3.56. The van der Waals surface area contributed by atoms with Crippen LogP contribution < -0.4 is 5.32 Å². The molecule has 1 fully saturated rings. The molecule has 1 unspecified atom stereocenters. The van der Waals surface area contributed by atoms with Crippen LogP contribution in [-0.4, -0.2) is 25.3 Å². The first-order chi connectivity index (χ1) is 8.61. The number of methoxy groups -OCH3 is 1. The Morgan fingerprint density at radius 1 is 1.28 bits per heavy atom. The Balaban J connectivity index is 2.09. The fourth-order valence-electron chi connectivity index (χ4n) is 2.66. The second-order valence-corrected chi connectivity index (χ2v) is 5.91. The first kappa shape index (κ1) is 13.6. The van der Waals surface area contributed by atoms with Gasteiger partial charge in [-0.15, -0.1) is 0 Å². The molecule has 1 aliphatic rings. The molecule has 0 saturated carbocycles. The predicted octanol–water partition coefficient (Wildman–Crippen LogP) is 2.95. The van der Waals surface area contributed by atoms with Crippen molar-refractivity contribution in [3.8, 4) is 0 Å². The van der Waals surface area contributed by atoms with Crippen molar-refractivity contribution in [3.63, 3.8) is 0 Å². The number of ether oxygens (including phenoxy) is 1. The highest BCUT2D eigenvalue weighted by atomic mass is 16.5. The minimum Gasteiger partial charge on any atom is -0.378 e. The lowest BCUT2D eigenvalue weighted by atomic mass is 9.91. The van der Waals surface area contributed by atoms with E-state index in [1.165, 1.54) is 30.5 Å². The minimum atomic E-state index is -0.0841. The molecule has 1 aliphatic heterocycles. The first-order valence-corrected chi connectivity index (χ1v) is 6.96.